The lowest BCUT2D eigenvalue weighted by atomic mass is 9.90. The van der Waals surface area contributed by atoms with E-state index in [4.69, 9.17) is 22.9 Å². The zero-order valence-electron chi connectivity index (χ0n) is 46.1. The molecule has 0 aliphatic carbocycles. The summed E-state index contributed by atoms with van der Waals surface area (Å²) in [5, 5.41) is 7.90. The van der Waals surface area contributed by atoms with Crippen molar-refractivity contribution in [1.82, 2.24) is 0 Å². The van der Waals surface area contributed by atoms with E-state index in [1.54, 1.807) is 0 Å². The molecule has 0 radical (unpaired) electrons. The van der Waals surface area contributed by atoms with Crippen LogP contribution in [0.25, 0.3) is 43.1 Å². The predicted octanol–water partition coefficient (Wildman–Crippen LogP) is 11.3. The zero-order chi connectivity index (χ0) is 56.7. The van der Waals surface area contributed by atoms with Gasteiger partial charge < -0.3 is 42.5 Å². The highest BCUT2D eigenvalue weighted by atomic mass is 16.2. The Labute approximate surface area is 478 Å². The molecule has 0 atom stereocenters. The smallest absolute Gasteiger partial charge is 0.228 e. The Bertz CT molecular complexity index is 3350. The minimum atomic E-state index is -0.0857. The molecule has 10 aromatic rings. The number of anilines is 4. The van der Waals surface area contributed by atoms with Gasteiger partial charge in [0.15, 0.2) is 0 Å². The molecule has 0 spiro atoms. The number of hydrogen-bond acceptors (Lipinski definition) is 8. The van der Waals surface area contributed by atoms with Gasteiger partial charge in [0.05, 0.1) is 26.2 Å². The van der Waals surface area contributed by atoms with Gasteiger partial charge >= 0.3 is 0 Å². The summed E-state index contributed by atoms with van der Waals surface area (Å²) in [4.78, 5) is 64.4. The Morgan fingerprint density at radius 1 is 0.268 bits per heavy atom. The number of fused-ring (bicyclic) bond motifs is 2. The molecule has 0 saturated carbocycles. The third kappa shape index (κ3) is 11.3. The maximum Gasteiger partial charge on any atom is 0.228 e. The molecule has 0 aromatic heterocycles. The van der Waals surface area contributed by atoms with E-state index in [1.165, 1.54) is 0 Å². The van der Waals surface area contributed by atoms with Crippen LogP contribution in [0.5, 0.6) is 0 Å². The van der Waals surface area contributed by atoms with Gasteiger partial charge in [-0.1, -0.05) is 146 Å². The number of rotatable bonds is 8. The number of nitrogens with zero attached hydrogens (tertiary/aromatic N) is 4. The summed E-state index contributed by atoms with van der Waals surface area (Å²) in [6, 6.07) is 65.6. The minimum Gasteiger partial charge on any atom is -0.330 e. The second kappa shape index (κ2) is 24.8. The average molecular weight is 1090 g/mol. The van der Waals surface area contributed by atoms with Gasteiger partial charge in [-0.25, -0.2) is 0 Å². The minimum absolute atomic E-state index is 0.0857. The Morgan fingerprint density at radius 3 is 0.598 bits per heavy atom. The summed E-state index contributed by atoms with van der Waals surface area (Å²) in [6.45, 7) is 1.99. The van der Waals surface area contributed by atoms with E-state index in [0.29, 0.717) is 39.0 Å². The van der Waals surface area contributed by atoms with Crippen LogP contribution in [0.4, 0.5) is 22.7 Å². The Balaban J connectivity index is 1.04. The van der Waals surface area contributed by atoms with Gasteiger partial charge in [-0.3, -0.25) is 19.2 Å². The van der Waals surface area contributed by atoms with Crippen molar-refractivity contribution in [2.75, 3.05) is 45.8 Å². The van der Waals surface area contributed by atoms with E-state index in [2.05, 4.69) is 97.1 Å². The molecule has 10 aromatic carbocycles. The lowest BCUT2D eigenvalue weighted by Gasteiger charge is -2.28. The van der Waals surface area contributed by atoms with E-state index < -0.39 is 0 Å². The van der Waals surface area contributed by atoms with Crippen LogP contribution in [0.15, 0.2) is 194 Å². The fourth-order valence-electron chi connectivity index (χ4n) is 11.9. The van der Waals surface area contributed by atoms with Crippen molar-refractivity contribution in [3.05, 3.63) is 239 Å². The zero-order valence-corrected chi connectivity index (χ0v) is 46.1. The van der Waals surface area contributed by atoms with Crippen molar-refractivity contribution >= 4 is 89.5 Å². The van der Waals surface area contributed by atoms with Crippen molar-refractivity contribution in [1.29, 1.82) is 0 Å². The van der Waals surface area contributed by atoms with Crippen LogP contribution < -0.4 is 42.5 Å². The standard InChI is InChI=1S/C70H68N8O4/c71-37-33-67(79)75-43-63-55-9-1-2-10-56(55)64(58-12-4-3-11-57(58)63)44-76(68(80)34-38-72)52-27-19-48(20-28-52)42-50-23-31-54(32-24-50)78(70(82)36-40-74)46-66-61-15-7-5-13-59(61)65(60-14-6-8-16-62(60)66)45-77(69(81)35-39-73)53-29-21-49(22-30-53)41-47-17-25-51(75)26-18-47/h1-32H,33-46,71-74H2. The SMILES string of the molecule is NCCC(=O)N1Cc2c3ccccc3c(c3ccccc23)CN(C(=O)CCN)c2ccc(cc2)Cc2ccc(cc2)N(C(=O)CCN)Cc2c3ccccc3c(c3ccccc23)CN(C(=O)CCN)c2ccc(cc2)Cc2ccc1cc2. The van der Waals surface area contributed by atoms with Gasteiger partial charge in [-0.05, 0) is 149 Å². The first kappa shape index (κ1) is 54.9. The summed E-state index contributed by atoms with van der Waals surface area (Å²) in [6.07, 6.45) is 1.92. The van der Waals surface area contributed by atoms with Crippen molar-refractivity contribution in [2.24, 2.45) is 22.9 Å². The molecule has 8 N–H and O–H groups in total. The number of benzene rings is 10. The molecular weight excluding hydrogens is 1020 g/mol. The van der Waals surface area contributed by atoms with Gasteiger partial charge in [-0.2, -0.15) is 0 Å². The number of carbonyl (C=O) groups is 4. The Morgan fingerprint density at radius 2 is 0.439 bits per heavy atom. The molecule has 7 heterocycles. The monoisotopic (exact) mass is 1080 g/mol. The van der Waals surface area contributed by atoms with Crippen LogP contribution in [-0.2, 0) is 58.2 Å². The van der Waals surface area contributed by atoms with Gasteiger partial charge in [0.1, 0.15) is 0 Å². The topological polar surface area (TPSA) is 185 Å². The lowest BCUT2D eigenvalue weighted by Crippen LogP contribution is -2.33. The summed E-state index contributed by atoms with van der Waals surface area (Å²) in [5.41, 5.74) is 35.5. The first-order valence-corrected chi connectivity index (χ1v) is 28.3. The Kier molecular flexibility index (Phi) is 16.6. The van der Waals surface area contributed by atoms with Crippen LogP contribution in [0.3, 0.4) is 0 Å². The third-order valence-electron chi connectivity index (χ3n) is 16.0. The van der Waals surface area contributed by atoms with Crippen LogP contribution in [0, 0.1) is 0 Å². The van der Waals surface area contributed by atoms with Gasteiger partial charge in [-0.15, -0.1) is 0 Å². The molecule has 7 aliphatic heterocycles. The largest absolute Gasteiger partial charge is 0.330 e. The van der Waals surface area contributed by atoms with E-state index in [0.717, 1.165) is 110 Å². The molecule has 12 bridgehead atoms. The van der Waals surface area contributed by atoms with E-state index in [-0.39, 0.29) is 75.5 Å². The van der Waals surface area contributed by atoms with Gasteiger partial charge in [0.25, 0.3) is 0 Å². The fourth-order valence-corrected chi connectivity index (χ4v) is 11.9. The highest BCUT2D eigenvalue weighted by molar-refractivity contribution is 6.10. The first-order chi connectivity index (χ1) is 40.1. The molecule has 0 fully saturated rings. The van der Waals surface area contributed by atoms with Crippen LogP contribution in [-0.4, -0.2) is 49.8 Å². The highest BCUT2D eigenvalue weighted by Gasteiger charge is 2.26. The van der Waals surface area contributed by atoms with Crippen molar-refractivity contribution in [3.8, 4) is 0 Å². The summed E-state index contributed by atoms with van der Waals surface area (Å²) in [7, 11) is 0. The van der Waals surface area contributed by atoms with E-state index >= 15 is 0 Å². The molecule has 12 heteroatoms. The summed E-state index contributed by atoms with van der Waals surface area (Å²) >= 11 is 0. The summed E-state index contributed by atoms with van der Waals surface area (Å²) in [5.74, 6) is -0.343. The van der Waals surface area contributed by atoms with E-state index in [1.807, 2.05) is 117 Å². The predicted molar refractivity (Wildman–Crippen MR) is 334 cm³/mol. The van der Waals surface area contributed by atoms with Gasteiger partial charge in [0, 0.05) is 74.6 Å². The molecule has 12 nitrogen and oxygen atoms in total. The molecule has 0 unspecified atom stereocenters. The molecule has 17 rings (SSSR count). The van der Waals surface area contributed by atoms with Crippen LogP contribution in [0.2, 0.25) is 0 Å². The van der Waals surface area contributed by atoms with Crippen molar-refractivity contribution in [3.63, 3.8) is 0 Å². The first-order valence-electron chi connectivity index (χ1n) is 28.3. The number of carbonyl (C=O) groups excluding carboxylic acids is 4. The highest BCUT2D eigenvalue weighted by Crippen LogP contribution is 2.39. The maximum absolute atomic E-state index is 14.3. The third-order valence-corrected chi connectivity index (χ3v) is 16.0. The van der Waals surface area contributed by atoms with Gasteiger partial charge in [0.2, 0.25) is 23.6 Å². The molecule has 4 amide bonds. The number of amides is 4. The molecule has 412 valence electrons. The Hall–Kier alpha value is -9.04. The second-order valence-corrected chi connectivity index (χ2v) is 21.2. The second-order valence-electron chi connectivity index (χ2n) is 21.2. The summed E-state index contributed by atoms with van der Waals surface area (Å²) < 4.78 is 0. The molecule has 7 aliphatic rings. The van der Waals surface area contributed by atoms with Crippen molar-refractivity contribution in [2.45, 2.75) is 64.7 Å². The fraction of sp³-hybridized carbons (Fsp3) is 0.200. The molecule has 0 saturated heterocycles. The average Bonchev–Trinajstić information content (AvgIpc) is 2.69. The van der Waals surface area contributed by atoms with Crippen LogP contribution >= 0.6 is 0 Å². The van der Waals surface area contributed by atoms with E-state index in [9.17, 15) is 19.2 Å². The van der Waals surface area contributed by atoms with Crippen LogP contribution in [0.1, 0.15) is 70.2 Å². The quantitative estimate of drug-likeness (QED) is 0.108. The number of nitrogens with two attached hydrogens (primary N) is 4. The lowest BCUT2D eigenvalue weighted by molar-refractivity contribution is -0.119. The molecule has 82 heavy (non-hydrogen) atoms. The molecular formula is C70H68N8O4. The maximum atomic E-state index is 14.3. The number of hydrogen-bond donors (Lipinski definition) is 4. The van der Waals surface area contributed by atoms with Crippen molar-refractivity contribution < 1.29 is 19.2 Å². The normalized spacial score (nSPS) is 13.3.